The van der Waals surface area contributed by atoms with E-state index in [2.05, 4.69) is 5.32 Å². The highest BCUT2D eigenvalue weighted by atomic mass is 127. The van der Waals surface area contributed by atoms with Gasteiger partial charge in [-0.2, -0.15) is 0 Å². The van der Waals surface area contributed by atoms with Gasteiger partial charge >= 0.3 is 0 Å². The molecule has 0 aliphatic heterocycles. The Morgan fingerprint density at radius 3 is 2.82 bits per heavy atom. The lowest BCUT2D eigenvalue weighted by Crippen LogP contribution is -2.15. The van der Waals surface area contributed by atoms with Crippen LogP contribution in [-0.2, 0) is 11.3 Å². The smallest absolute Gasteiger partial charge is 0.226 e. The summed E-state index contributed by atoms with van der Waals surface area (Å²) in [7, 11) is 0. The molecule has 0 radical (unpaired) electrons. The van der Waals surface area contributed by atoms with Crippen molar-refractivity contribution in [1.29, 1.82) is 0 Å². The Kier molecular flexibility index (Phi) is 4.42. The van der Waals surface area contributed by atoms with Gasteiger partial charge in [0.2, 0.25) is 5.91 Å². The van der Waals surface area contributed by atoms with E-state index in [1.165, 1.54) is 6.07 Å². The highest BCUT2D eigenvalue weighted by molar-refractivity contribution is 14.1. The van der Waals surface area contributed by atoms with Crippen LogP contribution in [0, 0.1) is 9.39 Å². The van der Waals surface area contributed by atoms with Gasteiger partial charge in [-0.05, 0) is 58.3 Å². The summed E-state index contributed by atoms with van der Waals surface area (Å²) in [5.41, 5.74) is 1.32. The second-order valence-electron chi connectivity index (χ2n) is 4.99. The zero-order valence-corrected chi connectivity index (χ0v) is 13.9. The van der Waals surface area contributed by atoms with Crippen molar-refractivity contribution in [2.45, 2.75) is 13.0 Å². The molecule has 5 heteroatoms. The molecule has 2 aromatic carbocycles. The SMILES string of the molecule is O=C(CCn1ccc2ccccc21)Nc1ccc(I)cc1F. The van der Waals surface area contributed by atoms with E-state index in [9.17, 15) is 9.18 Å². The summed E-state index contributed by atoms with van der Waals surface area (Å²) in [5, 5.41) is 3.76. The number of carbonyl (C=O) groups excluding carboxylic acids is 1. The monoisotopic (exact) mass is 408 g/mol. The summed E-state index contributed by atoms with van der Waals surface area (Å²) in [6.45, 7) is 0.561. The third-order valence-electron chi connectivity index (χ3n) is 3.47. The van der Waals surface area contributed by atoms with Gasteiger partial charge in [-0.15, -0.1) is 0 Å². The largest absolute Gasteiger partial charge is 0.347 e. The highest BCUT2D eigenvalue weighted by Gasteiger charge is 2.08. The minimum absolute atomic E-state index is 0.196. The number of nitrogens with zero attached hydrogens (tertiary/aromatic N) is 1. The molecule has 0 aliphatic rings. The molecular weight excluding hydrogens is 394 g/mol. The van der Waals surface area contributed by atoms with Crippen LogP contribution in [0.3, 0.4) is 0 Å². The Bertz CT molecular complexity index is 828. The minimum atomic E-state index is -0.410. The maximum Gasteiger partial charge on any atom is 0.226 e. The fraction of sp³-hybridized carbons (Fsp3) is 0.118. The zero-order valence-electron chi connectivity index (χ0n) is 11.7. The number of amides is 1. The van der Waals surface area contributed by atoms with Crippen molar-refractivity contribution in [2.75, 3.05) is 5.32 Å². The van der Waals surface area contributed by atoms with Crippen molar-refractivity contribution in [3.8, 4) is 0 Å². The van der Waals surface area contributed by atoms with Crippen LogP contribution < -0.4 is 5.32 Å². The van der Waals surface area contributed by atoms with Crippen molar-refractivity contribution in [3.63, 3.8) is 0 Å². The lowest BCUT2D eigenvalue weighted by atomic mass is 10.2. The average molecular weight is 408 g/mol. The van der Waals surface area contributed by atoms with Gasteiger partial charge in [0.15, 0.2) is 0 Å². The van der Waals surface area contributed by atoms with Crippen molar-refractivity contribution in [1.82, 2.24) is 4.57 Å². The number of anilines is 1. The number of halogens is 2. The predicted molar refractivity (Wildman–Crippen MR) is 94.3 cm³/mol. The first-order valence-corrected chi connectivity index (χ1v) is 8.00. The molecule has 1 heterocycles. The number of rotatable bonds is 4. The second-order valence-corrected chi connectivity index (χ2v) is 6.24. The molecule has 0 saturated carbocycles. The molecule has 22 heavy (non-hydrogen) atoms. The molecule has 112 valence electrons. The van der Waals surface area contributed by atoms with Crippen LogP contribution >= 0.6 is 22.6 Å². The van der Waals surface area contributed by atoms with E-state index >= 15 is 0 Å². The Hall–Kier alpha value is -1.89. The number of nitrogens with one attached hydrogen (secondary N) is 1. The van der Waals surface area contributed by atoms with Crippen molar-refractivity contribution in [2.24, 2.45) is 0 Å². The molecule has 0 bridgehead atoms. The Labute approximate surface area is 141 Å². The van der Waals surface area contributed by atoms with Crippen molar-refractivity contribution >= 4 is 45.1 Å². The van der Waals surface area contributed by atoms with Crippen LogP contribution in [0.15, 0.2) is 54.7 Å². The quantitative estimate of drug-likeness (QED) is 0.638. The molecule has 0 atom stereocenters. The number of aryl methyl sites for hydroxylation is 1. The van der Waals surface area contributed by atoms with Crippen molar-refractivity contribution < 1.29 is 9.18 Å². The van der Waals surface area contributed by atoms with Gasteiger partial charge in [0.25, 0.3) is 0 Å². The molecule has 0 unspecified atom stereocenters. The van der Waals surface area contributed by atoms with E-state index in [1.807, 2.05) is 63.7 Å². The Balaban J connectivity index is 1.65. The molecule has 1 N–H and O–H groups in total. The normalized spacial score (nSPS) is 10.8. The standard InChI is InChI=1S/C17H14FIN2O/c18-14-11-13(19)5-6-15(14)20-17(22)8-10-21-9-7-12-3-1-2-4-16(12)21/h1-7,9,11H,8,10H2,(H,20,22). The third kappa shape index (κ3) is 3.30. The molecule has 0 fully saturated rings. The predicted octanol–water partition coefficient (Wildman–Crippen LogP) is 4.41. The van der Waals surface area contributed by atoms with Gasteiger partial charge in [-0.3, -0.25) is 4.79 Å². The Morgan fingerprint density at radius 1 is 1.18 bits per heavy atom. The van der Waals surface area contributed by atoms with Crippen LogP contribution in [-0.4, -0.2) is 10.5 Å². The van der Waals surface area contributed by atoms with Gasteiger partial charge in [0.1, 0.15) is 5.82 Å². The summed E-state index contributed by atoms with van der Waals surface area (Å²) in [6, 6.07) is 14.8. The first-order chi connectivity index (χ1) is 10.6. The van der Waals surface area contributed by atoms with Crippen molar-refractivity contribution in [3.05, 3.63) is 64.1 Å². The fourth-order valence-corrected chi connectivity index (χ4v) is 2.81. The van der Waals surface area contributed by atoms with Gasteiger partial charge in [-0.25, -0.2) is 4.39 Å². The summed E-state index contributed by atoms with van der Waals surface area (Å²) in [6.07, 6.45) is 2.26. The van der Waals surface area contributed by atoms with Crippen LogP contribution in [0.2, 0.25) is 0 Å². The van der Waals surface area contributed by atoms with Crippen LogP contribution in [0.4, 0.5) is 10.1 Å². The van der Waals surface area contributed by atoms with Gasteiger partial charge in [0, 0.05) is 28.2 Å². The first kappa shape index (κ1) is 15.0. The number of hydrogen-bond acceptors (Lipinski definition) is 1. The average Bonchev–Trinajstić information content (AvgIpc) is 2.91. The molecule has 3 nitrogen and oxygen atoms in total. The lowest BCUT2D eigenvalue weighted by Gasteiger charge is -2.08. The summed E-state index contributed by atoms with van der Waals surface area (Å²) in [4.78, 5) is 12.0. The lowest BCUT2D eigenvalue weighted by molar-refractivity contribution is -0.116. The fourth-order valence-electron chi connectivity index (χ4n) is 2.36. The number of aromatic nitrogens is 1. The number of para-hydroxylation sites is 1. The second kappa shape index (κ2) is 6.48. The van der Waals surface area contributed by atoms with E-state index in [0.29, 0.717) is 13.0 Å². The van der Waals surface area contributed by atoms with E-state index in [0.717, 1.165) is 14.5 Å². The number of carbonyl (C=O) groups is 1. The molecule has 0 aliphatic carbocycles. The summed E-state index contributed by atoms with van der Waals surface area (Å²) in [5.74, 6) is -0.607. The van der Waals surface area contributed by atoms with Crippen LogP contribution in [0.25, 0.3) is 10.9 Å². The molecular formula is C17H14FIN2O. The van der Waals surface area contributed by atoms with Gasteiger partial charge in [0.05, 0.1) is 5.69 Å². The molecule has 1 amide bonds. The van der Waals surface area contributed by atoms with Gasteiger partial charge < -0.3 is 9.88 Å². The van der Waals surface area contributed by atoms with E-state index in [1.54, 1.807) is 12.1 Å². The topological polar surface area (TPSA) is 34.0 Å². The maximum absolute atomic E-state index is 13.7. The summed E-state index contributed by atoms with van der Waals surface area (Å²) < 4.78 is 16.5. The van der Waals surface area contributed by atoms with Crippen LogP contribution in [0.1, 0.15) is 6.42 Å². The Morgan fingerprint density at radius 2 is 2.00 bits per heavy atom. The summed E-state index contributed by atoms with van der Waals surface area (Å²) >= 11 is 2.03. The minimum Gasteiger partial charge on any atom is -0.347 e. The van der Waals surface area contributed by atoms with E-state index in [-0.39, 0.29) is 11.6 Å². The molecule has 1 aromatic heterocycles. The molecule has 3 rings (SSSR count). The zero-order chi connectivity index (χ0) is 15.5. The highest BCUT2D eigenvalue weighted by Crippen LogP contribution is 2.18. The molecule has 3 aromatic rings. The van der Waals surface area contributed by atoms with E-state index in [4.69, 9.17) is 0 Å². The number of fused-ring (bicyclic) bond motifs is 1. The number of benzene rings is 2. The van der Waals surface area contributed by atoms with Crippen LogP contribution in [0.5, 0.6) is 0 Å². The van der Waals surface area contributed by atoms with E-state index < -0.39 is 5.82 Å². The first-order valence-electron chi connectivity index (χ1n) is 6.92. The van der Waals surface area contributed by atoms with Gasteiger partial charge in [-0.1, -0.05) is 18.2 Å². The third-order valence-corrected chi connectivity index (χ3v) is 4.14. The maximum atomic E-state index is 13.7. The molecule has 0 saturated heterocycles. The number of hydrogen-bond donors (Lipinski definition) is 1. The molecule has 0 spiro atoms.